The number of amides is 1. The number of rotatable bonds is 3. The highest BCUT2D eigenvalue weighted by Crippen LogP contribution is 2.46. The van der Waals surface area contributed by atoms with Gasteiger partial charge in [-0.15, -0.1) is 0 Å². The van der Waals surface area contributed by atoms with Crippen LogP contribution in [0, 0.1) is 5.41 Å². The quantitative estimate of drug-likeness (QED) is 0.191. The molecule has 2 atom stereocenters. The number of nitrogens with two attached hydrogens (primary N) is 1. The monoisotopic (exact) mass is 255 g/mol. The lowest BCUT2D eigenvalue weighted by molar-refractivity contribution is -0.125. The van der Waals surface area contributed by atoms with E-state index in [-0.39, 0.29) is 17.8 Å². The number of amidine groups is 1. The van der Waals surface area contributed by atoms with E-state index >= 15 is 0 Å². The number of carbonyl (C=O) groups excluding carboxylic acids is 1. The van der Waals surface area contributed by atoms with E-state index in [0.717, 1.165) is 32.1 Å². The fourth-order valence-corrected chi connectivity index (χ4v) is 2.58. The first kappa shape index (κ1) is 13.1. The predicted molar refractivity (Wildman–Crippen MR) is 66.1 cm³/mol. The van der Waals surface area contributed by atoms with Gasteiger partial charge in [-0.2, -0.15) is 0 Å². The molecule has 1 amide bonds. The van der Waals surface area contributed by atoms with E-state index in [4.69, 9.17) is 10.9 Å². The van der Waals surface area contributed by atoms with Crippen LogP contribution in [0.15, 0.2) is 5.16 Å². The van der Waals surface area contributed by atoms with E-state index < -0.39 is 11.5 Å². The number of nitrogens with zero attached hydrogens (tertiary/aromatic N) is 1. The van der Waals surface area contributed by atoms with Gasteiger partial charge in [-0.25, -0.2) is 0 Å². The molecule has 0 spiro atoms. The van der Waals surface area contributed by atoms with Crippen molar-refractivity contribution in [3.8, 4) is 0 Å². The fourth-order valence-electron chi connectivity index (χ4n) is 2.58. The Labute approximate surface area is 106 Å². The van der Waals surface area contributed by atoms with Gasteiger partial charge in [0.15, 0.2) is 5.84 Å². The van der Waals surface area contributed by atoms with Crippen molar-refractivity contribution in [1.29, 1.82) is 0 Å². The molecule has 0 aromatic heterocycles. The first-order chi connectivity index (χ1) is 8.60. The van der Waals surface area contributed by atoms with Crippen LogP contribution in [0.2, 0.25) is 0 Å². The fraction of sp³-hybridized carbons (Fsp3) is 0.833. The summed E-state index contributed by atoms with van der Waals surface area (Å²) in [6.45, 7) is 0. The van der Waals surface area contributed by atoms with Gasteiger partial charge >= 0.3 is 0 Å². The maximum atomic E-state index is 12.2. The third-order valence-corrected chi connectivity index (χ3v) is 4.08. The Balaban J connectivity index is 1.98. The standard InChI is InChI=1S/C12H21N3O3/c13-10(15-18)12(6-7-12)11(17)14-8-4-2-1-3-5-9(8)16/h8-9,16,18H,1-7H2,(H2,13,15)(H,14,17). The van der Waals surface area contributed by atoms with Crippen LogP contribution >= 0.6 is 0 Å². The zero-order valence-electron chi connectivity index (χ0n) is 10.4. The number of hydrogen-bond acceptors (Lipinski definition) is 4. The molecule has 2 aliphatic rings. The Hall–Kier alpha value is -1.30. The summed E-state index contributed by atoms with van der Waals surface area (Å²) in [6.07, 6.45) is 5.35. The Bertz CT molecular complexity index is 352. The second-order valence-electron chi connectivity index (χ2n) is 5.35. The third kappa shape index (κ3) is 2.43. The molecule has 0 aliphatic heterocycles. The lowest BCUT2D eigenvalue weighted by atomic mass is 10.0. The average molecular weight is 255 g/mol. The van der Waals surface area contributed by atoms with Gasteiger partial charge in [0.2, 0.25) is 5.91 Å². The summed E-state index contributed by atoms with van der Waals surface area (Å²) in [5.74, 6) is -0.244. The molecule has 2 fully saturated rings. The second-order valence-corrected chi connectivity index (χ2v) is 5.35. The van der Waals surface area contributed by atoms with Crippen LogP contribution in [0.3, 0.4) is 0 Å². The van der Waals surface area contributed by atoms with Crippen molar-refractivity contribution in [3.63, 3.8) is 0 Å². The molecule has 2 saturated carbocycles. The molecular weight excluding hydrogens is 234 g/mol. The first-order valence-electron chi connectivity index (χ1n) is 6.57. The SMILES string of the molecule is NC(=NO)C1(C(=O)NC2CCCCCC2O)CC1. The maximum Gasteiger partial charge on any atom is 0.234 e. The smallest absolute Gasteiger partial charge is 0.234 e. The zero-order chi connectivity index (χ0) is 13.2. The molecule has 2 unspecified atom stereocenters. The highest BCUT2D eigenvalue weighted by atomic mass is 16.4. The van der Waals surface area contributed by atoms with Crippen molar-refractivity contribution in [2.45, 2.75) is 57.1 Å². The van der Waals surface area contributed by atoms with E-state index in [9.17, 15) is 9.90 Å². The summed E-state index contributed by atoms with van der Waals surface area (Å²) < 4.78 is 0. The molecule has 2 rings (SSSR count). The van der Waals surface area contributed by atoms with E-state index in [0.29, 0.717) is 12.8 Å². The van der Waals surface area contributed by atoms with Gasteiger partial charge in [-0.3, -0.25) is 4.79 Å². The lowest BCUT2D eigenvalue weighted by Gasteiger charge is -2.24. The van der Waals surface area contributed by atoms with Gasteiger partial charge in [-0.1, -0.05) is 24.4 Å². The molecule has 5 N–H and O–H groups in total. The molecule has 0 aromatic carbocycles. The van der Waals surface area contributed by atoms with Crippen LogP contribution in [-0.2, 0) is 4.79 Å². The van der Waals surface area contributed by atoms with Gasteiger partial charge in [0, 0.05) is 0 Å². The normalized spacial score (nSPS) is 31.5. The number of carbonyl (C=O) groups is 1. The largest absolute Gasteiger partial charge is 0.409 e. The minimum absolute atomic E-state index is 0.0249. The summed E-state index contributed by atoms with van der Waals surface area (Å²) in [5, 5.41) is 24.5. The molecule has 2 aliphatic carbocycles. The Kier molecular flexibility index (Phi) is 3.75. The molecule has 6 nitrogen and oxygen atoms in total. The summed E-state index contributed by atoms with van der Waals surface area (Å²) in [7, 11) is 0. The van der Waals surface area contributed by atoms with Crippen LogP contribution in [0.25, 0.3) is 0 Å². The molecule has 0 bridgehead atoms. The van der Waals surface area contributed by atoms with Gasteiger partial charge in [0.25, 0.3) is 0 Å². The molecule has 6 heteroatoms. The van der Waals surface area contributed by atoms with E-state index in [1.54, 1.807) is 0 Å². The molecule has 102 valence electrons. The molecular formula is C12H21N3O3. The molecule has 18 heavy (non-hydrogen) atoms. The van der Waals surface area contributed by atoms with Gasteiger partial charge in [0.1, 0.15) is 5.41 Å². The van der Waals surface area contributed by atoms with Crippen LogP contribution in [-0.4, -0.2) is 34.2 Å². The topological polar surface area (TPSA) is 108 Å². The van der Waals surface area contributed by atoms with E-state index in [1.165, 1.54) is 0 Å². The Morgan fingerprint density at radius 1 is 1.28 bits per heavy atom. The van der Waals surface area contributed by atoms with E-state index in [1.807, 2.05) is 0 Å². The number of hydrogen-bond donors (Lipinski definition) is 4. The summed E-state index contributed by atoms with van der Waals surface area (Å²) >= 11 is 0. The van der Waals surface area contributed by atoms with Gasteiger partial charge in [0.05, 0.1) is 12.1 Å². The van der Waals surface area contributed by atoms with Crippen LogP contribution < -0.4 is 11.1 Å². The van der Waals surface area contributed by atoms with Gasteiger partial charge < -0.3 is 21.4 Å². The molecule has 0 radical (unpaired) electrons. The van der Waals surface area contributed by atoms with E-state index in [2.05, 4.69) is 10.5 Å². The minimum atomic E-state index is -0.833. The highest BCUT2D eigenvalue weighted by Gasteiger charge is 2.54. The zero-order valence-corrected chi connectivity index (χ0v) is 10.4. The van der Waals surface area contributed by atoms with Crippen molar-refractivity contribution in [1.82, 2.24) is 5.32 Å². The Morgan fingerprint density at radius 3 is 2.56 bits per heavy atom. The Morgan fingerprint density at radius 2 is 1.94 bits per heavy atom. The van der Waals surface area contributed by atoms with Crippen LogP contribution in [0.5, 0.6) is 0 Å². The average Bonchev–Trinajstić information content (AvgIpc) is 3.16. The van der Waals surface area contributed by atoms with Gasteiger partial charge in [-0.05, 0) is 25.7 Å². The maximum absolute atomic E-state index is 12.2. The van der Waals surface area contributed by atoms with Crippen molar-refractivity contribution < 1.29 is 15.1 Å². The molecule has 0 aromatic rings. The minimum Gasteiger partial charge on any atom is -0.409 e. The van der Waals surface area contributed by atoms with Crippen molar-refractivity contribution in [3.05, 3.63) is 0 Å². The summed E-state index contributed by atoms with van der Waals surface area (Å²) in [5.41, 5.74) is 4.73. The van der Waals surface area contributed by atoms with Crippen molar-refractivity contribution >= 4 is 11.7 Å². The van der Waals surface area contributed by atoms with Crippen molar-refractivity contribution in [2.24, 2.45) is 16.3 Å². The number of oxime groups is 1. The van der Waals surface area contributed by atoms with Crippen LogP contribution in [0.1, 0.15) is 44.9 Å². The molecule has 0 heterocycles. The number of nitrogens with one attached hydrogen (secondary N) is 1. The predicted octanol–water partition coefficient (Wildman–Crippen LogP) is 0.323. The first-order valence-corrected chi connectivity index (χ1v) is 6.57. The summed E-state index contributed by atoms with van der Waals surface area (Å²) in [4.78, 5) is 12.2. The lowest BCUT2D eigenvalue weighted by Crippen LogP contribution is -2.49. The highest BCUT2D eigenvalue weighted by molar-refractivity contribution is 6.09. The third-order valence-electron chi connectivity index (χ3n) is 4.08. The second kappa shape index (κ2) is 5.14. The van der Waals surface area contributed by atoms with Crippen LogP contribution in [0.4, 0.5) is 0 Å². The summed E-state index contributed by atoms with van der Waals surface area (Å²) in [6, 6.07) is -0.205. The van der Waals surface area contributed by atoms with Crippen molar-refractivity contribution in [2.75, 3.05) is 0 Å². The number of aliphatic hydroxyl groups is 1. The molecule has 0 saturated heterocycles. The number of aliphatic hydroxyl groups excluding tert-OH is 1.